The van der Waals surface area contributed by atoms with Crippen molar-refractivity contribution in [1.82, 2.24) is 0 Å². The van der Waals surface area contributed by atoms with Gasteiger partial charge >= 0.3 is 0 Å². The van der Waals surface area contributed by atoms with Crippen LogP contribution in [0.5, 0.6) is 0 Å². The molecule has 0 atom stereocenters. The van der Waals surface area contributed by atoms with E-state index in [0.717, 1.165) is 22.5 Å². The van der Waals surface area contributed by atoms with Crippen LogP contribution >= 0.6 is 0 Å². The number of rotatable bonds is 5. The van der Waals surface area contributed by atoms with Crippen LogP contribution in [0.25, 0.3) is 10.9 Å². The van der Waals surface area contributed by atoms with E-state index in [1.807, 2.05) is 46.2 Å². The third-order valence-corrected chi connectivity index (χ3v) is 5.32. The molecule has 0 radical (unpaired) electrons. The van der Waals surface area contributed by atoms with Gasteiger partial charge in [-0.15, -0.1) is 0 Å². The summed E-state index contributed by atoms with van der Waals surface area (Å²) in [6, 6.07) is 18.7. The summed E-state index contributed by atoms with van der Waals surface area (Å²) in [5, 5.41) is 9.22. The van der Waals surface area contributed by atoms with Crippen molar-refractivity contribution in [2.75, 3.05) is 30.9 Å². The molecule has 0 aliphatic carbocycles. The molecule has 2 aromatic carbocycles. The van der Waals surface area contributed by atoms with Crippen LogP contribution < -0.4 is 9.80 Å². The Labute approximate surface area is 191 Å². The molecule has 162 valence electrons. The third-order valence-electron chi connectivity index (χ3n) is 5.32. The van der Waals surface area contributed by atoms with E-state index in [1.54, 1.807) is 6.08 Å². The van der Waals surface area contributed by atoms with Crippen molar-refractivity contribution in [3.63, 3.8) is 0 Å². The Bertz CT molecular complexity index is 1120. The highest BCUT2D eigenvalue weighted by molar-refractivity contribution is 5.67. The largest absolute Gasteiger partial charge is 0.488 e. The topological polar surface area (TPSA) is 43.9 Å². The highest BCUT2D eigenvalue weighted by atomic mass is 16.5. The van der Waals surface area contributed by atoms with Gasteiger partial charge in [-0.1, -0.05) is 18.2 Å². The lowest BCUT2D eigenvalue weighted by atomic mass is 9.93. The van der Waals surface area contributed by atoms with Gasteiger partial charge in [-0.25, -0.2) is 10.1 Å². The first-order valence-electron chi connectivity index (χ1n) is 10.4. The number of hydrogen-bond acceptors (Lipinski definition) is 4. The Morgan fingerprint density at radius 3 is 2.09 bits per heavy atom. The molecule has 1 aliphatic rings. The highest BCUT2D eigenvalue weighted by Gasteiger charge is 2.27. The summed E-state index contributed by atoms with van der Waals surface area (Å²) in [6.07, 6.45) is 6.19. The number of hydrogen-bond donors (Lipinski definition) is 0. The molecule has 5 heteroatoms. The first kappa shape index (κ1) is 22.7. The zero-order valence-electron chi connectivity index (χ0n) is 19.3. The third kappa shape index (κ3) is 5.39. The van der Waals surface area contributed by atoms with E-state index in [9.17, 15) is 5.26 Å². The van der Waals surface area contributed by atoms with E-state index in [1.165, 1.54) is 5.69 Å². The number of allylic oxidation sites excluding steroid dienone is 3. The Hall–Kier alpha value is -3.96. The Morgan fingerprint density at radius 2 is 1.56 bits per heavy atom. The molecule has 0 unspecified atom stereocenters. The van der Waals surface area contributed by atoms with Crippen LogP contribution in [-0.2, 0) is 4.74 Å². The fourth-order valence-corrected chi connectivity index (χ4v) is 3.58. The van der Waals surface area contributed by atoms with E-state index in [4.69, 9.17) is 11.3 Å². The molecule has 0 saturated heterocycles. The number of ether oxygens (including phenoxy) is 1. The zero-order chi connectivity index (χ0) is 23.3. The average Bonchev–Trinajstić information content (AvgIpc) is 2.77. The van der Waals surface area contributed by atoms with Gasteiger partial charge in [0.2, 0.25) is 0 Å². The standard InChI is InChI=1S/C27H28N4O/c1-27(2)18-21(26(19-28)29-3)17-25(32-27)16-9-20-7-10-23(11-8-20)31(6)24-14-12-22(13-15-24)30(4)5/h7-17H,18H2,1-2,4-6H3/b16-9+,26-21+. The summed E-state index contributed by atoms with van der Waals surface area (Å²) in [4.78, 5) is 7.58. The number of nitriles is 1. The molecule has 3 rings (SSSR count). The maximum Gasteiger partial charge on any atom is 0.265 e. The summed E-state index contributed by atoms with van der Waals surface area (Å²) < 4.78 is 6.03. The highest BCUT2D eigenvalue weighted by Crippen LogP contribution is 2.33. The van der Waals surface area contributed by atoms with Crippen LogP contribution in [-0.4, -0.2) is 26.7 Å². The molecule has 0 aromatic heterocycles. The van der Waals surface area contributed by atoms with Crippen molar-refractivity contribution in [1.29, 1.82) is 5.26 Å². The van der Waals surface area contributed by atoms with Gasteiger partial charge < -0.3 is 14.5 Å². The maximum absolute atomic E-state index is 9.22. The van der Waals surface area contributed by atoms with Crippen LogP contribution in [0.15, 0.2) is 77.7 Å². The van der Waals surface area contributed by atoms with Gasteiger partial charge in [-0.2, -0.15) is 0 Å². The molecule has 0 fully saturated rings. The molecule has 1 heterocycles. The molecule has 0 spiro atoms. The summed E-state index contributed by atoms with van der Waals surface area (Å²) in [5.74, 6) is 0.648. The second-order valence-electron chi connectivity index (χ2n) is 8.58. The summed E-state index contributed by atoms with van der Waals surface area (Å²) in [6.45, 7) is 11.1. The quantitative estimate of drug-likeness (QED) is 0.416. The molecule has 1 aliphatic heterocycles. The smallest absolute Gasteiger partial charge is 0.265 e. The molecule has 0 amide bonds. The van der Waals surface area contributed by atoms with E-state index in [2.05, 4.69) is 70.2 Å². The minimum atomic E-state index is -0.467. The Morgan fingerprint density at radius 1 is 1.00 bits per heavy atom. The normalized spacial score (nSPS) is 16.4. The lowest BCUT2D eigenvalue weighted by Crippen LogP contribution is -2.27. The van der Waals surface area contributed by atoms with Crippen LogP contribution in [0, 0.1) is 17.9 Å². The van der Waals surface area contributed by atoms with Gasteiger partial charge in [0, 0.05) is 44.6 Å². The molecular weight excluding hydrogens is 396 g/mol. The van der Waals surface area contributed by atoms with Crippen molar-refractivity contribution >= 4 is 23.1 Å². The van der Waals surface area contributed by atoms with Crippen LogP contribution in [0.3, 0.4) is 0 Å². The monoisotopic (exact) mass is 424 g/mol. The molecule has 32 heavy (non-hydrogen) atoms. The van der Waals surface area contributed by atoms with Crippen molar-refractivity contribution < 1.29 is 4.74 Å². The summed E-state index contributed by atoms with van der Waals surface area (Å²) in [7, 11) is 6.12. The van der Waals surface area contributed by atoms with Crippen LogP contribution in [0.1, 0.15) is 25.8 Å². The van der Waals surface area contributed by atoms with Crippen molar-refractivity contribution in [2.24, 2.45) is 0 Å². The zero-order valence-corrected chi connectivity index (χ0v) is 19.3. The minimum absolute atomic E-state index is 0.123. The SMILES string of the molecule is [C-]#[N+]/C(C#N)=C1C=C(/C=C/c2ccc(N(C)c3ccc(N(C)C)cc3)cc2)OC(C)(C)C\1. The number of anilines is 3. The summed E-state index contributed by atoms with van der Waals surface area (Å²) >= 11 is 0. The predicted molar refractivity (Wildman–Crippen MR) is 131 cm³/mol. The van der Waals surface area contributed by atoms with Gasteiger partial charge in [-0.05, 0) is 73.5 Å². The average molecular weight is 425 g/mol. The number of nitrogens with zero attached hydrogens (tertiary/aromatic N) is 4. The molecular formula is C27H28N4O. The van der Waals surface area contributed by atoms with Gasteiger partial charge in [-0.3, -0.25) is 0 Å². The fourth-order valence-electron chi connectivity index (χ4n) is 3.58. The molecule has 0 N–H and O–H groups in total. The first-order chi connectivity index (χ1) is 15.2. The van der Waals surface area contributed by atoms with E-state index >= 15 is 0 Å². The lowest BCUT2D eigenvalue weighted by Gasteiger charge is -2.32. The number of benzene rings is 2. The van der Waals surface area contributed by atoms with Gasteiger partial charge in [0.15, 0.2) is 0 Å². The Balaban J connectivity index is 1.77. The van der Waals surface area contributed by atoms with Crippen molar-refractivity contribution in [2.45, 2.75) is 25.9 Å². The van der Waals surface area contributed by atoms with Crippen molar-refractivity contribution in [3.8, 4) is 6.07 Å². The second-order valence-corrected chi connectivity index (χ2v) is 8.58. The lowest BCUT2D eigenvalue weighted by molar-refractivity contribution is 0.0356. The van der Waals surface area contributed by atoms with E-state index in [-0.39, 0.29) is 5.70 Å². The fraction of sp³-hybridized carbons (Fsp3) is 0.259. The van der Waals surface area contributed by atoms with E-state index in [0.29, 0.717) is 12.2 Å². The Kier molecular flexibility index (Phi) is 6.71. The molecule has 0 bridgehead atoms. The summed E-state index contributed by atoms with van der Waals surface area (Å²) in [5.41, 5.74) is 4.79. The van der Waals surface area contributed by atoms with Gasteiger partial charge in [0.25, 0.3) is 5.70 Å². The molecule has 5 nitrogen and oxygen atoms in total. The van der Waals surface area contributed by atoms with Crippen molar-refractivity contribution in [3.05, 3.63) is 94.7 Å². The minimum Gasteiger partial charge on any atom is -0.488 e. The molecule has 2 aromatic rings. The van der Waals surface area contributed by atoms with E-state index < -0.39 is 5.60 Å². The van der Waals surface area contributed by atoms with Gasteiger partial charge in [0.05, 0.1) is 12.6 Å². The second kappa shape index (κ2) is 9.45. The van der Waals surface area contributed by atoms with Gasteiger partial charge in [0.1, 0.15) is 11.4 Å². The maximum atomic E-state index is 9.22. The first-order valence-corrected chi connectivity index (χ1v) is 10.4. The predicted octanol–water partition coefficient (Wildman–Crippen LogP) is 6.31. The van der Waals surface area contributed by atoms with Crippen LogP contribution in [0.2, 0.25) is 0 Å². The molecule has 0 saturated carbocycles. The van der Waals surface area contributed by atoms with Crippen LogP contribution in [0.4, 0.5) is 17.1 Å².